The lowest BCUT2D eigenvalue weighted by Crippen LogP contribution is -2.18. The average Bonchev–Trinajstić information content (AvgIpc) is 2.28. The summed E-state index contributed by atoms with van der Waals surface area (Å²) in [5.74, 6) is 2.32. The second-order valence-corrected chi connectivity index (χ2v) is 3.29. The van der Waals surface area contributed by atoms with E-state index >= 15 is 0 Å². The maximum absolute atomic E-state index is 13.3. The Morgan fingerprint density at radius 1 is 1.41 bits per heavy atom. The quantitative estimate of drug-likeness (QED) is 0.597. The largest absolute Gasteiger partial charge is 0.445 e. The Hall–Kier alpha value is -1.89. The van der Waals surface area contributed by atoms with Crippen molar-refractivity contribution >= 4 is 5.97 Å². The molecular formula is C13H12F2O2. The SMILES string of the molecule is CC#CC(CC)OC(=O)c1c(F)cccc1F. The van der Waals surface area contributed by atoms with Crippen LogP contribution < -0.4 is 0 Å². The van der Waals surface area contributed by atoms with Crippen molar-refractivity contribution in [1.29, 1.82) is 0 Å². The zero-order chi connectivity index (χ0) is 12.8. The van der Waals surface area contributed by atoms with E-state index in [9.17, 15) is 13.6 Å². The number of halogens is 2. The molecule has 0 aliphatic carbocycles. The highest BCUT2D eigenvalue weighted by Gasteiger charge is 2.20. The van der Waals surface area contributed by atoms with Gasteiger partial charge < -0.3 is 4.74 Å². The van der Waals surface area contributed by atoms with Crippen LogP contribution in [0.15, 0.2) is 18.2 Å². The predicted molar refractivity (Wildman–Crippen MR) is 59.3 cm³/mol. The summed E-state index contributed by atoms with van der Waals surface area (Å²) in [4.78, 5) is 11.6. The fraction of sp³-hybridized carbons (Fsp3) is 0.308. The Bertz CT molecular complexity index is 452. The Morgan fingerprint density at radius 3 is 2.47 bits per heavy atom. The van der Waals surface area contributed by atoms with Gasteiger partial charge in [-0.2, -0.15) is 0 Å². The molecule has 1 aromatic carbocycles. The van der Waals surface area contributed by atoms with Gasteiger partial charge in [0.05, 0.1) is 0 Å². The summed E-state index contributed by atoms with van der Waals surface area (Å²) in [5.41, 5.74) is -0.677. The number of benzene rings is 1. The number of carbonyl (C=O) groups excluding carboxylic acids is 1. The molecular weight excluding hydrogens is 226 g/mol. The molecule has 0 fully saturated rings. The second kappa shape index (κ2) is 6.00. The second-order valence-electron chi connectivity index (χ2n) is 3.29. The molecule has 0 radical (unpaired) electrons. The molecule has 2 nitrogen and oxygen atoms in total. The molecule has 1 unspecified atom stereocenters. The van der Waals surface area contributed by atoms with Gasteiger partial charge in [-0.15, -0.1) is 5.92 Å². The molecule has 0 saturated heterocycles. The van der Waals surface area contributed by atoms with Gasteiger partial charge in [0, 0.05) is 0 Å². The van der Waals surface area contributed by atoms with Crippen molar-refractivity contribution in [2.24, 2.45) is 0 Å². The number of hydrogen-bond acceptors (Lipinski definition) is 2. The van der Waals surface area contributed by atoms with Crippen molar-refractivity contribution in [3.05, 3.63) is 35.4 Å². The molecule has 0 aliphatic heterocycles. The molecule has 0 aliphatic rings. The van der Waals surface area contributed by atoms with Crippen LogP contribution in [0.25, 0.3) is 0 Å². The van der Waals surface area contributed by atoms with Crippen molar-refractivity contribution in [2.75, 3.05) is 0 Å². The third-order valence-electron chi connectivity index (χ3n) is 2.09. The van der Waals surface area contributed by atoms with E-state index in [1.54, 1.807) is 13.8 Å². The first-order chi connectivity index (χ1) is 8.10. The molecule has 90 valence electrons. The number of ether oxygens (including phenoxy) is 1. The van der Waals surface area contributed by atoms with Gasteiger partial charge in [-0.3, -0.25) is 0 Å². The third kappa shape index (κ3) is 3.28. The van der Waals surface area contributed by atoms with Gasteiger partial charge in [0.2, 0.25) is 0 Å². The maximum Gasteiger partial charge on any atom is 0.345 e. The first-order valence-electron chi connectivity index (χ1n) is 5.17. The lowest BCUT2D eigenvalue weighted by molar-refractivity contribution is 0.0393. The van der Waals surface area contributed by atoms with E-state index in [-0.39, 0.29) is 0 Å². The first-order valence-corrected chi connectivity index (χ1v) is 5.17. The van der Waals surface area contributed by atoms with Crippen LogP contribution in [0.3, 0.4) is 0 Å². The highest BCUT2D eigenvalue weighted by molar-refractivity contribution is 5.90. The molecule has 1 rings (SSSR count). The van der Waals surface area contributed by atoms with Crippen LogP contribution in [0, 0.1) is 23.5 Å². The van der Waals surface area contributed by atoms with E-state index in [2.05, 4.69) is 11.8 Å². The van der Waals surface area contributed by atoms with Gasteiger partial charge in [-0.25, -0.2) is 13.6 Å². The molecule has 0 aromatic heterocycles. The summed E-state index contributed by atoms with van der Waals surface area (Å²) in [6, 6.07) is 3.20. The van der Waals surface area contributed by atoms with E-state index in [1.165, 1.54) is 6.07 Å². The molecule has 0 bridgehead atoms. The summed E-state index contributed by atoms with van der Waals surface area (Å²) in [6.45, 7) is 3.36. The Balaban J connectivity index is 2.92. The van der Waals surface area contributed by atoms with E-state index < -0.39 is 29.3 Å². The topological polar surface area (TPSA) is 26.3 Å². The molecule has 0 N–H and O–H groups in total. The predicted octanol–water partition coefficient (Wildman–Crippen LogP) is 2.92. The van der Waals surface area contributed by atoms with Gasteiger partial charge in [0.1, 0.15) is 17.2 Å². The molecule has 17 heavy (non-hydrogen) atoms. The van der Waals surface area contributed by atoms with Crippen LogP contribution in [-0.2, 0) is 4.74 Å². The smallest absolute Gasteiger partial charge is 0.345 e. The Morgan fingerprint density at radius 2 is 2.00 bits per heavy atom. The van der Waals surface area contributed by atoms with Crippen LogP contribution in [-0.4, -0.2) is 12.1 Å². The van der Waals surface area contributed by atoms with Crippen LogP contribution in [0.4, 0.5) is 8.78 Å². The van der Waals surface area contributed by atoms with Gasteiger partial charge in [-0.1, -0.05) is 18.9 Å². The minimum atomic E-state index is -1.03. The highest BCUT2D eigenvalue weighted by atomic mass is 19.1. The zero-order valence-electron chi connectivity index (χ0n) is 9.59. The molecule has 1 atom stereocenters. The van der Waals surface area contributed by atoms with Crippen LogP contribution >= 0.6 is 0 Å². The summed E-state index contributed by atoms with van der Waals surface area (Å²) in [5, 5.41) is 0. The average molecular weight is 238 g/mol. The minimum Gasteiger partial charge on any atom is -0.445 e. The molecule has 0 amide bonds. The number of rotatable bonds is 3. The molecule has 0 spiro atoms. The summed E-state index contributed by atoms with van der Waals surface area (Å²) in [6.07, 6.45) is -0.186. The van der Waals surface area contributed by atoms with E-state index in [0.29, 0.717) is 6.42 Å². The molecule has 4 heteroatoms. The fourth-order valence-electron chi connectivity index (χ4n) is 1.26. The van der Waals surface area contributed by atoms with Gasteiger partial charge in [-0.05, 0) is 25.5 Å². The van der Waals surface area contributed by atoms with Gasteiger partial charge in [0.25, 0.3) is 0 Å². The van der Waals surface area contributed by atoms with Crippen LogP contribution in [0.2, 0.25) is 0 Å². The summed E-state index contributed by atoms with van der Waals surface area (Å²) < 4.78 is 31.4. The Kier molecular flexibility index (Phi) is 4.65. The van der Waals surface area contributed by atoms with Crippen molar-refractivity contribution in [3.63, 3.8) is 0 Å². The summed E-state index contributed by atoms with van der Waals surface area (Å²) >= 11 is 0. The number of carbonyl (C=O) groups is 1. The number of hydrogen-bond donors (Lipinski definition) is 0. The highest BCUT2D eigenvalue weighted by Crippen LogP contribution is 2.14. The van der Waals surface area contributed by atoms with E-state index in [4.69, 9.17) is 4.74 Å². The van der Waals surface area contributed by atoms with Crippen molar-refractivity contribution in [1.82, 2.24) is 0 Å². The molecule has 1 aromatic rings. The van der Waals surface area contributed by atoms with Crippen LogP contribution in [0.5, 0.6) is 0 Å². The van der Waals surface area contributed by atoms with Crippen molar-refractivity contribution in [3.8, 4) is 11.8 Å². The third-order valence-corrected chi connectivity index (χ3v) is 2.09. The van der Waals surface area contributed by atoms with E-state index in [0.717, 1.165) is 12.1 Å². The monoisotopic (exact) mass is 238 g/mol. The minimum absolute atomic E-state index is 0.461. The normalized spacial score (nSPS) is 11.3. The Labute approximate surface area is 98.6 Å². The van der Waals surface area contributed by atoms with Crippen LogP contribution in [0.1, 0.15) is 30.6 Å². The lowest BCUT2D eigenvalue weighted by Gasteiger charge is -2.10. The fourth-order valence-corrected chi connectivity index (χ4v) is 1.26. The van der Waals surface area contributed by atoms with E-state index in [1.807, 2.05) is 0 Å². The van der Waals surface area contributed by atoms with Crippen molar-refractivity contribution in [2.45, 2.75) is 26.4 Å². The summed E-state index contributed by atoms with van der Waals surface area (Å²) in [7, 11) is 0. The lowest BCUT2D eigenvalue weighted by atomic mass is 10.2. The van der Waals surface area contributed by atoms with Gasteiger partial charge in [0.15, 0.2) is 6.10 Å². The molecule has 0 saturated carbocycles. The number of esters is 1. The zero-order valence-corrected chi connectivity index (χ0v) is 9.59. The molecule has 0 heterocycles. The standard InChI is InChI=1S/C13H12F2O2/c1-3-6-9(4-2)17-13(16)12-10(14)7-5-8-11(12)15/h5,7-9H,4H2,1-2H3. The first kappa shape index (κ1) is 13.2. The maximum atomic E-state index is 13.3. The van der Waals surface area contributed by atoms with Crippen molar-refractivity contribution < 1.29 is 18.3 Å². The van der Waals surface area contributed by atoms with Gasteiger partial charge >= 0.3 is 5.97 Å².